The van der Waals surface area contributed by atoms with E-state index in [1.165, 1.54) is 0 Å². The standard InChI is InChI=1S/C14H20ClN3/c1-10-8-16-13(18-10)17-9-14(2,3)11-6-4-5-7-12(11)15/h4-7,10H,8-9H2,1-3H3,(H2,16,17,18). The Morgan fingerprint density at radius 1 is 1.44 bits per heavy atom. The number of hydrogen-bond donors (Lipinski definition) is 2. The van der Waals surface area contributed by atoms with Crippen LogP contribution in [0, 0.1) is 0 Å². The molecule has 0 aromatic heterocycles. The van der Waals surface area contributed by atoms with Gasteiger partial charge < -0.3 is 10.6 Å². The van der Waals surface area contributed by atoms with Gasteiger partial charge in [-0.05, 0) is 18.6 Å². The minimum Gasteiger partial charge on any atom is -0.356 e. The van der Waals surface area contributed by atoms with E-state index in [1.54, 1.807) is 0 Å². The molecule has 0 radical (unpaired) electrons. The van der Waals surface area contributed by atoms with E-state index in [0.29, 0.717) is 6.04 Å². The van der Waals surface area contributed by atoms with Gasteiger partial charge in [-0.3, -0.25) is 4.99 Å². The zero-order valence-corrected chi connectivity index (χ0v) is 11.9. The van der Waals surface area contributed by atoms with Crippen LogP contribution in [0.25, 0.3) is 0 Å². The summed E-state index contributed by atoms with van der Waals surface area (Å²) in [5.74, 6) is 0.891. The lowest BCUT2D eigenvalue weighted by Gasteiger charge is -2.27. The van der Waals surface area contributed by atoms with Gasteiger partial charge in [0.15, 0.2) is 5.96 Å². The van der Waals surface area contributed by atoms with Crippen molar-refractivity contribution in [1.29, 1.82) is 0 Å². The number of hydrogen-bond acceptors (Lipinski definition) is 3. The highest BCUT2D eigenvalue weighted by molar-refractivity contribution is 6.31. The number of halogens is 1. The Hall–Kier alpha value is -1.22. The summed E-state index contributed by atoms with van der Waals surface area (Å²) < 4.78 is 0. The number of nitrogens with zero attached hydrogens (tertiary/aromatic N) is 1. The maximum Gasteiger partial charge on any atom is 0.191 e. The van der Waals surface area contributed by atoms with Crippen molar-refractivity contribution in [2.75, 3.05) is 13.1 Å². The summed E-state index contributed by atoms with van der Waals surface area (Å²) in [6.45, 7) is 8.13. The van der Waals surface area contributed by atoms with Crippen molar-refractivity contribution in [3.05, 3.63) is 34.9 Å². The average Bonchev–Trinajstić information content (AvgIpc) is 2.73. The van der Waals surface area contributed by atoms with E-state index in [4.69, 9.17) is 11.6 Å². The highest BCUT2D eigenvalue weighted by atomic mass is 35.5. The molecule has 98 valence electrons. The number of aliphatic imine (C=N–C) groups is 1. The fourth-order valence-electron chi connectivity index (χ4n) is 2.07. The second-order valence-electron chi connectivity index (χ2n) is 5.45. The van der Waals surface area contributed by atoms with Crippen molar-refractivity contribution in [2.45, 2.75) is 32.2 Å². The first-order valence-electron chi connectivity index (χ1n) is 6.29. The third kappa shape index (κ3) is 2.96. The van der Waals surface area contributed by atoms with Crippen molar-refractivity contribution < 1.29 is 0 Å². The van der Waals surface area contributed by atoms with Crippen LogP contribution in [-0.4, -0.2) is 25.1 Å². The summed E-state index contributed by atoms with van der Waals surface area (Å²) in [6, 6.07) is 8.43. The second kappa shape index (κ2) is 5.19. The van der Waals surface area contributed by atoms with Crippen LogP contribution in [0.2, 0.25) is 5.02 Å². The first-order valence-corrected chi connectivity index (χ1v) is 6.67. The fraction of sp³-hybridized carbons (Fsp3) is 0.500. The zero-order valence-electron chi connectivity index (χ0n) is 11.1. The molecular formula is C14H20ClN3. The monoisotopic (exact) mass is 265 g/mol. The number of nitrogens with one attached hydrogen (secondary N) is 2. The van der Waals surface area contributed by atoms with Crippen LogP contribution in [-0.2, 0) is 5.41 Å². The lowest BCUT2D eigenvalue weighted by Crippen LogP contribution is -2.43. The molecule has 0 bridgehead atoms. The predicted octanol–water partition coefficient (Wildman–Crippen LogP) is 2.55. The highest BCUT2D eigenvalue weighted by Crippen LogP contribution is 2.28. The van der Waals surface area contributed by atoms with Crippen LogP contribution in [0.4, 0.5) is 0 Å². The zero-order chi connectivity index (χ0) is 13.2. The average molecular weight is 266 g/mol. The van der Waals surface area contributed by atoms with Gasteiger partial charge in [-0.15, -0.1) is 0 Å². The van der Waals surface area contributed by atoms with Crippen LogP contribution < -0.4 is 10.6 Å². The Balaban J connectivity index is 2.02. The summed E-state index contributed by atoms with van der Waals surface area (Å²) in [5.41, 5.74) is 1.12. The third-order valence-electron chi connectivity index (χ3n) is 3.21. The first kappa shape index (κ1) is 13.2. The first-order chi connectivity index (χ1) is 8.49. The molecular weight excluding hydrogens is 246 g/mol. The molecule has 0 aliphatic carbocycles. The van der Waals surface area contributed by atoms with Gasteiger partial charge in [0.05, 0.1) is 6.54 Å². The van der Waals surface area contributed by atoms with Gasteiger partial charge in [0.1, 0.15) is 0 Å². The van der Waals surface area contributed by atoms with Gasteiger partial charge in [0.25, 0.3) is 0 Å². The minimum absolute atomic E-state index is 0.0334. The van der Waals surface area contributed by atoms with E-state index in [2.05, 4.69) is 42.5 Å². The maximum atomic E-state index is 6.25. The molecule has 2 rings (SSSR count). The quantitative estimate of drug-likeness (QED) is 0.881. The lowest BCUT2D eigenvalue weighted by atomic mass is 9.84. The second-order valence-corrected chi connectivity index (χ2v) is 5.86. The van der Waals surface area contributed by atoms with Crippen LogP contribution in [0.15, 0.2) is 29.3 Å². The maximum absolute atomic E-state index is 6.25. The minimum atomic E-state index is -0.0334. The van der Waals surface area contributed by atoms with Crippen LogP contribution in [0.5, 0.6) is 0 Å². The largest absolute Gasteiger partial charge is 0.356 e. The molecule has 18 heavy (non-hydrogen) atoms. The van der Waals surface area contributed by atoms with Crippen molar-refractivity contribution in [3.63, 3.8) is 0 Å². The molecule has 0 fully saturated rings. The summed E-state index contributed by atoms with van der Waals surface area (Å²) in [5, 5.41) is 7.48. The molecule has 0 spiro atoms. The summed E-state index contributed by atoms with van der Waals surface area (Å²) in [4.78, 5) is 4.40. The van der Waals surface area contributed by atoms with Gasteiger partial charge in [-0.25, -0.2) is 0 Å². The normalized spacial score (nSPS) is 19.3. The SMILES string of the molecule is CC1CN=C(NCC(C)(C)c2ccccc2Cl)N1. The topological polar surface area (TPSA) is 36.4 Å². The lowest BCUT2D eigenvalue weighted by molar-refractivity contribution is 0.509. The van der Waals surface area contributed by atoms with Crippen molar-refractivity contribution >= 4 is 17.6 Å². The van der Waals surface area contributed by atoms with E-state index >= 15 is 0 Å². The number of benzene rings is 1. The van der Waals surface area contributed by atoms with E-state index in [-0.39, 0.29) is 5.41 Å². The Labute approximate surface area is 114 Å². The number of guanidine groups is 1. The highest BCUT2D eigenvalue weighted by Gasteiger charge is 2.24. The predicted molar refractivity (Wildman–Crippen MR) is 77.4 cm³/mol. The van der Waals surface area contributed by atoms with Crippen LogP contribution in [0.1, 0.15) is 26.3 Å². The Morgan fingerprint density at radius 2 is 2.17 bits per heavy atom. The molecule has 1 heterocycles. The van der Waals surface area contributed by atoms with Crippen molar-refractivity contribution in [2.24, 2.45) is 4.99 Å². The fourth-order valence-corrected chi connectivity index (χ4v) is 2.46. The van der Waals surface area contributed by atoms with Gasteiger partial charge in [-0.1, -0.05) is 43.6 Å². The number of rotatable bonds is 3. The molecule has 1 aliphatic rings. The summed E-state index contributed by atoms with van der Waals surface area (Å²) >= 11 is 6.25. The van der Waals surface area contributed by atoms with Crippen LogP contribution >= 0.6 is 11.6 Å². The molecule has 3 nitrogen and oxygen atoms in total. The summed E-state index contributed by atoms with van der Waals surface area (Å²) in [6.07, 6.45) is 0. The van der Waals surface area contributed by atoms with E-state index < -0.39 is 0 Å². The molecule has 1 aromatic rings. The molecule has 2 N–H and O–H groups in total. The molecule has 0 saturated heterocycles. The molecule has 1 atom stereocenters. The molecule has 1 aliphatic heterocycles. The Morgan fingerprint density at radius 3 is 2.78 bits per heavy atom. The Bertz CT molecular complexity index is 454. The molecule has 0 amide bonds. The van der Waals surface area contributed by atoms with Crippen molar-refractivity contribution in [3.8, 4) is 0 Å². The van der Waals surface area contributed by atoms with Gasteiger partial charge in [-0.2, -0.15) is 0 Å². The van der Waals surface area contributed by atoms with Crippen LogP contribution in [0.3, 0.4) is 0 Å². The molecule has 1 unspecified atom stereocenters. The van der Waals surface area contributed by atoms with Gasteiger partial charge in [0.2, 0.25) is 0 Å². The summed E-state index contributed by atoms with van der Waals surface area (Å²) in [7, 11) is 0. The smallest absolute Gasteiger partial charge is 0.191 e. The molecule has 0 saturated carbocycles. The van der Waals surface area contributed by atoms with Gasteiger partial charge in [0, 0.05) is 23.0 Å². The van der Waals surface area contributed by atoms with E-state index in [1.807, 2.05) is 18.2 Å². The third-order valence-corrected chi connectivity index (χ3v) is 3.54. The Kier molecular flexibility index (Phi) is 3.81. The molecule has 4 heteroatoms. The van der Waals surface area contributed by atoms with E-state index in [0.717, 1.165) is 29.6 Å². The molecule has 1 aromatic carbocycles. The van der Waals surface area contributed by atoms with Crippen molar-refractivity contribution in [1.82, 2.24) is 10.6 Å². The van der Waals surface area contributed by atoms with Gasteiger partial charge >= 0.3 is 0 Å². The van der Waals surface area contributed by atoms with E-state index in [9.17, 15) is 0 Å².